The zero-order valence-corrected chi connectivity index (χ0v) is 8.40. The molecule has 0 heteroatoms. The number of hydrogen-bond donors (Lipinski definition) is 0. The van der Waals surface area contributed by atoms with E-state index in [0.717, 1.165) is 5.92 Å². The zero-order valence-electron chi connectivity index (χ0n) is 8.40. The molecule has 68 valence electrons. The highest BCUT2D eigenvalue weighted by Gasteiger charge is 2.20. The maximum Gasteiger partial charge on any atom is -0.0159 e. The van der Waals surface area contributed by atoms with Gasteiger partial charge in [0.1, 0.15) is 0 Å². The lowest BCUT2D eigenvalue weighted by Gasteiger charge is -2.09. The summed E-state index contributed by atoms with van der Waals surface area (Å²) in [4.78, 5) is 0. The van der Waals surface area contributed by atoms with Gasteiger partial charge in [0.15, 0.2) is 0 Å². The van der Waals surface area contributed by atoms with E-state index in [4.69, 9.17) is 0 Å². The molecule has 1 aliphatic rings. The van der Waals surface area contributed by atoms with Crippen molar-refractivity contribution in [2.75, 3.05) is 0 Å². The van der Waals surface area contributed by atoms with Gasteiger partial charge in [0.25, 0.3) is 0 Å². The molecule has 0 bridgehead atoms. The van der Waals surface area contributed by atoms with Gasteiger partial charge in [-0.15, -0.1) is 5.73 Å². The first-order valence-corrected chi connectivity index (χ1v) is 5.10. The molecule has 1 rings (SSSR count). The lowest BCUT2D eigenvalue weighted by atomic mass is 9.96. The molecule has 1 aliphatic carbocycles. The Balaban J connectivity index is 2.08. The monoisotopic (exact) mass is 164 g/mol. The highest BCUT2D eigenvalue weighted by atomic mass is 14.3. The molecule has 1 saturated carbocycles. The minimum atomic E-state index is 0.696. The highest BCUT2D eigenvalue weighted by molar-refractivity contribution is 4.98. The van der Waals surface area contributed by atoms with Crippen LogP contribution < -0.4 is 0 Å². The molecule has 0 N–H and O–H groups in total. The Hall–Kier alpha value is -0.480. The van der Waals surface area contributed by atoms with Crippen LogP contribution in [-0.4, -0.2) is 0 Å². The van der Waals surface area contributed by atoms with Crippen LogP contribution in [0.2, 0.25) is 0 Å². The second-order valence-corrected chi connectivity index (χ2v) is 4.14. The van der Waals surface area contributed by atoms with Crippen molar-refractivity contribution in [1.29, 1.82) is 0 Å². The van der Waals surface area contributed by atoms with E-state index < -0.39 is 0 Å². The molecule has 0 aromatic carbocycles. The van der Waals surface area contributed by atoms with Crippen molar-refractivity contribution < 1.29 is 0 Å². The summed E-state index contributed by atoms with van der Waals surface area (Å²) in [7, 11) is 0. The highest BCUT2D eigenvalue weighted by Crippen LogP contribution is 2.34. The Morgan fingerprint density at radius 3 is 2.75 bits per heavy atom. The van der Waals surface area contributed by atoms with Crippen LogP contribution >= 0.6 is 0 Å². The first kappa shape index (κ1) is 9.61. The van der Waals surface area contributed by atoms with Gasteiger partial charge in [-0.3, -0.25) is 0 Å². The molecule has 12 heavy (non-hydrogen) atoms. The third kappa shape index (κ3) is 3.28. The van der Waals surface area contributed by atoms with E-state index >= 15 is 0 Å². The van der Waals surface area contributed by atoms with Crippen LogP contribution in [0, 0.1) is 11.8 Å². The van der Waals surface area contributed by atoms with E-state index in [1.54, 1.807) is 0 Å². The molecule has 0 saturated heterocycles. The molecule has 0 amide bonds. The molecule has 0 spiro atoms. The van der Waals surface area contributed by atoms with Crippen molar-refractivity contribution in [1.82, 2.24) is 0 Å². The first-order valence-electron chi connectivity index (χ1n) is 5.10. The zero-order chi connectivity index (χ0) is 8.97. The minimum Gasteiger partial charge on any atom is -0.130 e. The van der Waals surface area contributed by atoms with Crippen LogP contribution in [0.3, 0.4) is 0 Å². The number of allylic oxidation sites excluding steroid dienone is 1. The third-order valence-corrected chi connectivity index (χ3v) is 2.96. The topological polar surface area (TPSA) is 0 Å². The summed E-state index contributed by atoms with van der Waals surface area (Å²) in [5.41, 5.74) is 4.31. The molecule has 0 aromatic rings. The average molecular weight is 164 g/mol. The summed E-state index contributed by atoms with van der Waals surface area (Å²) in [6.45, 7) is 8.09. The molecule has 1 atom stereocenters. The molecule has 0 radical (unpaired) electrons. The molecule has 1 fully saturated rings. The van der Waals surface area contributed by atoms with Gasteiger partial charge in [0.05, 0.1) is 0 Å². The van der Waals surface area contributed by atoms with E-state index in [1.165, 1.54) is 37.7 Å². The van der Waals surface area contributed by atoms with Crippen molar-refractivity contribution in [2.45, 2.75) is 46.0 Å². The fraction of sp³-hybridized carbons (Fsp3) is 0.750. The maximum atomic E-state index is 3.68. The summed E-state index contributed by atoms with van der Waals surface area (Å²) in [5.74, 6) is 1.78. The Bertz CT molecular complexity index is 180. The number of hydrogen-bond acceptors (Lipinski definition) is 0. The van der Waals surface area contributed by atoms with Crippen molar-refractivity contribution in [3.05, 3.63) is 17.9 Å². The van der Waals surface area contributed by atoms with Crippen molar-refractivity contribution in [2.24, 2.45) is 11.8 Å². The summed E-state index contributed by atoms with van der Waals surface area (Å²) in [5, 5.41) is 0. The van der Waals surface area contributed by atoms with Crippen LogP contribution in [0.25, 0.3) is 0 Å². The molecule has 1 unspecified atom stereocenters. The summed E-state index contributed by atoms with van der Waals surface area (Å²) < 4.78 is 0. The van der Waals surface area contributed by atoms with Gasteiger partial charge >= 0.3 is 0 Å². The Morgan fingerprint density at radius 2 is 2.25 bits per heavy atom. The van der Waals surface area contributed by atoms with Gasteiger partial charge in [-0.05, 0) is 30.8 Å². The summed E-state index contributed by atoms with van der Waals surface area (Å²) >= 11 is 0. The van der Waals surface area contributed by atoms with E-state index in [9.17, 15) is 0 Å². The van der Waals surface area contributed by atoms with Gasteiger partial charge in [0.2, 0.25) is 0 Å². The van der Waals surface area contributed by atoms with Crippen molar-refractivity contribution in [3.63, 3.8) is 0 Å². The van der Waals surface area contributed by atoms with E-state index in [-0.39, 0.29) is 0 Å². The molecular weight excluding hydrogens is 144 g/mol. The molecule has 0 aromatic heterocycles. The van der Waals surface area contributed by atoms with Gasteiger partial charge in [-0.1, -0.05) is 39.2 Å². The van der Waals surface area contributed by atoms with Crippen LogP contribution in [0.4, 0.5) is 0 Å². The lowest BCUT2D eigenvalue weighted by molar-refractivity contribution is 0.538. The standard InChI is InChI=1S/C12H20/c1-4-10(2)11(3)6-5-7-12-8-9-12/h11-12H,1,5-9H2,2-3H3. The summed E-state index contributed by atoms with van der Waals surface area (Å²) in [6, 6.07) is 0. The maximum absolute atomic E-state index is 3.68. The fourth-order valence-electron chi connectivity index (χ4n) is 1.51. The Kier molecular flexibility index (Phi) is 3.62. The predicted octanol–water partition coefficient (Wildman–Crippen LogP) is 3.93. The quantitative estimate of drug-likeness (QED) is 0.540. The van der Waals surface area contributed by atoms with E-state index in [1.807, 2.05) is 0 Å². The van der Waals surface area contributed by atoms with Gasteiger partial charge in [-0.2, -0.15) is 0 Å². The van der Waals surface area contributed by atoms with E-state index in [0.29, 0.717) is 5.92 Å². The average Bonchev–Trinajstić information content (AvgIpc) is 2.86. The Labute approximate surface area is 76.4 Å². The SMILES string of the molecule is C=C=C(C)C(C)CCCC1CC1. The lowest BCUT2D eigenvalue weighted by Crippen LogP contribution is -1.95. The van der Waals surface area contributed by atoms with E-state index in [2.05, 4.69) is 26.2 Å². The predicted molar refractivity (Wildman–Crippen MR) is 54.1 cm³/mol. The molecule has 0 heterocycles. The second-order valence-electron chi connectivity index (χ2n) is 4.14. The second kappa shape index (κ2) is 4.52. The fourth-order valence-corrected chi connectivity index (χ4v) is 1.51. The first-order chi connectivity index (χ1) is 5.74. The Morgan fingerprint density at radius 1 is 1.58 bits per heavy atom. The normalized spacial score (nSPS) is 18.5. The van der Waals surface area contributed by atoms with Crippen LogP contribution in [-0.2, 0) is 0 Å². The molecular formula is C12H20. The number of rotatable bonds is 5. The van der Waals surface area contributed by atoms with Crippen molar-refractivity contribution in [3.8, 4) is 0 Å². The summed E-state index contributed by atoms with van der Waals surface area (Å²) in [6.07, 6.45) is 7.15. The third-order valence-electron chi connectivity index (χ3n) is 2.96. The minimum absolute atomic E-state index is 0.696. The smallest absolute Gasteiger partial charge is 0.0159 e. The van der Waals surface area contributed by atoms with Gasteiger partial charge < -0.3 is 0 Å². The van der Waals surface area contributed by atoms with Gasteiger partial charge in [-0.25, -0.2) is 0 Å². The van der Waals surface area contributed by atoms with Crippen LogP contribution in [0.5, 0.6) is 0 Å². The van der Waals surface area contributed by atoms with Crippen molar-refractivity contribution >= 4 is 0 Å². The van der Waals surface area contributed by atoms with Crippen LogP contribution in [0.1, 0.15) is 46.0 Å². The van der Waals surface area contributed by atoms with Crippen LogP contribution in [0.15, 0.2) is 17.9 Å². The molecule has 0 aliphatic heterocycles. The van der Waals surface area contributed by atoms with Gasteiger partial charge in [0, 0.05) is 0 Å². The largest absolute Gasteiger partial charge is 0.130 e. The molecule has 0 nitrogen and oxygen atoms in total.